The predicted octanol–water partition coefficient (Wildman–Crippen LogP) is 8.17. The van der Waals surface area contributed by atoms with Crippen molar-refractivity contribution in [3.05, 3.63) is 68.8 Å². The van der Waals surface area contributed by atoms with Gasteiger partial charge in [-0.05, 0) is 82.6 Å². The molecule has 1 saturated heterocycles. The molecule has 7 rings (SSSR count). The molecule has 1 aliphatic heterocycles. The van der Waals surface area contributed by atoms with Gasteiger partial charge >= 0.3 is 16.3 Å². The zero-order valence-corrected chi connectivity index (χ0v) is 45.5. The van der Waals surface area contributed by atoms with Crippen LogP contribution in [0.3, 0.4) is 0 Å². The summed E-state index contributed by atoms with van der Waals surface area (Å²) in [6, 6.07) is 12.4. The van der Waals surface area contributed by atoms with E-state index in [1.165, 1.54) is 11.0 Å². The number of likely N-dealkylation sites (tertiary alicyclic amines) is 1. The van der Waals surface area contributed by atoms with E-state index in [0.29, 0.717) is 89.0 Å². The number of nitrogens with one attached hydrogen (secondary N) is 2. The molecule has 0 spiro atoms. The highest BCUT2D eigenvalue weighted by molar-refractivity contribution is 7.85. The number of amides is 2. The van der Waals surface area contributed by atoms with Gasteiger partial charge in [0.05, 0.1) is 70.2 Å². The van der Waals surface area contributed by atoms with E-state index in [2.05, 4.69) is 14.7 Å². The predicted molar refractivity (Wildman–Crippen MR) is 275 cm³/mol. The van der Waals surface area contributed by atoms with E-state index < -0.39 is 74.0 Å². The maximum absolute atomic E-state index is 14.7. The highest BCUT2D eigenvalue weighted by atomic mass is 35.5. The van der Waals surface area contributed by atoms with Gasteiger partial charge in [0.15, 0.2) is 17.1 Å². The Balaban J connectivity index is 0.000000429. The van der Waals surface area contributed by atoms with Crippen LogP contribution < -0.4 is 24.4 Å². The van der Waals surface area contributed by atoms with Crippen LogP contribution in [-0.2, 0) is 47.9 Å². The molecule has 21 heteroatoms. The SMILES string of the molecule is CC[C@@H]1C[C@]1(CC(=O)[C@@H]1C[C@@H](Oc2cc(OCCOC)nc3c(Cl)cccc23)CN1C(=O)[C@@H](CC(=O)OC(C)(C)C)C(C)(C)C)C(=O)NS(=O)(=O)OC1(C)CC1.COCCOc1cc(=O)c2cccc(Cl)c2[nH]1. The van der Waals surface area contributed by atoms with E-state index in [4.69, 9.17) is 55.8 Å². The van der Waals surface area contributed by atoms with Gasteiger partial charge in [0.2, 0.25) is 17.7 Å². The number of benzene rings is 2. The molecule has 2 N–H and O–H groups in total. The summed E-state index contributed by atoms with van der Waals surface area (Å²) in [6.45, 7) is 15.7. The van der Waals surface area contributed by atoms with Crippen molar-refractivity contribution in [2.75, 3.05) is 47.2 Å². The average Bonchev–Trinajstić information content (AvgIpc) is 4.16. The Morgan fingerprint density at radius 3 is 2.16 bits per heavy atom. The van der Waals surface area contributed by atoms with Gasteiger partial charge in [0.25, 0.3) is 0 Å². The number of hydrogen-bond acceptors (Lipinski definition) is 15. The summed E-state index contributed by atoms with van der Waals surface area (Å²) in [5, 5.41) is 2.01. The molecule has 73 heavy (non-hydrogen) atoms. The Morgan fingerprint density at radius 1 is 0.918 bits per heavy atom. The fourth-order valence-corrected chi connectivity index (χ4v) is 10.5. The Hall–Kier alpha value is -5.05. The molecule has 0 bridgehead atoms. The number of aromatic amines is 1. The number of ketones is 1. The lowest BCUT2D eigenvalue weighted by atomic mass is 9.77. The number of carbonyl (C=O) groups is 4. The lowest BCUT2D eigenvalue weighted by molar-refractivity contribution is -0.161. The topological polar surface area (TPSA) is 228 Å². The van der Waals surface area contributed by atoms with Gasteiger partial charge in [-0.3, -0.25) is 24.0 Å². The molecule has 2 aromatic carbocycles. The van der Waals surface area contributed by atoms with Gasteiger partial charge in [-0.25, -0.2) is 13.9 Å². The first kappa shape index (κ1) is 57.2. The third-order valence-corrected chi connectivity index (χ3v) is 14.8. The smallest absolute Gasteiger partial charge is 0.362 e. The van der Waals surface area contributed by atoms with E-state index in [0.717, 1.165) is 0 Å². The standard InChI is InChI=1S/C40H56ClN3O11S.C12H12ClNO3/c1-10-24-21-40(24,36(48)43-56(49,50)55-39(8)14-15-39)22-30(45)29-18-25(23-44(29)35(47)27(37(2,3)4)19-33(46)54-38(5,6)7)53-31-20-32(52-17-16-51-9)42-34-26(31)12-11-13-28(34)41;1-16-5-6-17-11-7-10(15)8-3-2-4-9(13)12(8)14-11/h11-13,20,24-25,27,29H,10,14-19,21-23H2,1-9H3,(H,43,48);2-4,7H,5-6H2,1H3,(H,14,15)/t24-,25-,27-,29+,40-;/m1./s1. The lowest BCUT2D eigenvalue weighted by Gasteiger charge is -2.35. The van der Waals surface area contributed by atoms with Crippen molar-refractivity contribution in [2.24, 2.45) is 22.7 Å². The first-order chi connectivity index (χ1) is 34.2. The molecule has 2 saturated carbocycles. The van der Waals surface area contributed by atoms with Crippen LogP contribution >= 0.6 is 23.2 Å². The Morgan fingerprint density at radius 2 is 1.56 bits per heavy atom. The molecule has 5 atom stereocenters. The molecule has 18 nitrogen and oxygen atoms in total. The zero-order chi connectivity index (χ0) is 53.7. The summed E-state index contributed by atoms with van der Waals surface area (Å²) in [4.78, 5) is 76.9. The number of Topliss-reactive ketones (excluding diaryl/α,β-unsaturated/α-hetero) is 1. The molecular weight excluding hydrogens is 1010 g/mol. The van der Waals surface area contributed by atoms with Crippen LogP contribution in [0.4, 0.5) is 0 Å². The zero-order valence-electron chi connectivity index (χ0n) is 43.2. The van der Waals surface area contributed by atoms with Crippen molar-refractivity contribution in [1.29, 1.82) is 0 Å². The van der Waals surface area contributed by atoms with E-state index >= 15 is 0 Å². The van der Waals surface area contributed by atoms with Crippen LogP contribution in [0.2, 0.25) is 10.0 Å². The molecule has 0 unspecified atom stereocenters. The van der Waals surface area contributed by atoms with Gasteiger partial charge < -0.3 is 38.3 Å². The lowest BCUT2D eigenvalue weighted by Crippen LogP contribution is -2.49. The second-order valence-electron chi connectivity index (χ2n) is 21.2. The van der Waals surface area contributed by atoms with Crippen molar-refractivity contribution in [3.8, 4) is 17.5 Å². The third-order valence-electron chi connectivity index (χ3n) is 13.1. The van der Waals surface area contributed by atoms with Crippen molar-refractivity contribution in [1.82, 2.24) is 19.6 Å². The maximum atomic E-state index is 14.7. The summed E-state index contributed by atoms with van der Waals surface area (Å²) in [7, 11) is -1.29. The van der Waals surface area contributed by atoms with Crippen molar-refractivity contribution < 1.29 is 60.2 Å². The first-order valence-electron chi connectivity index (χ1n) is 24.4. The molecule has 2 aliphatic carbocycles. The van der Waals surface area contributed by atoms with E-state index in [-0.39, 0.29) is 49.6 Å². The first-order valence-corrected chi connectivity index (χ1v) is 26.5. The number of fused-ring (bicyclic) bond motifs is 2. The number of hydrogen-bond donors (Lipinski definition) is 2. The molecule has 3 fully saturated rings. The van der Waals surface area contributed by atoms with Crippen LogP contribution in [-0.4, -0.2) is 117 Å². The number of carbonyl (C=O) groups excluding carboxylic acids is 4. The fraction of sp³-hybridized carbons (Fsp3) is 0.577. The number of nitrogens with zero attached hydrogens (tertiary/aromatic N) is 2. The van der Waals surface area contributed by atoms with Crippen LogP contribution in [0, 0.1) is 22.7 Å². The van der Waals surface area contributed by atoms with Crippen molar-refractivity contribution in [3.63, 3.8) is 0 Å². The number of aromatic nitrogens is 2. The van der Waals surface area contributed by atoms with Gasteiger partial charge in [-0.1, -0.05) is 69.5 Å². The summed E-state index contributed by atoms with van der Waals surface area (Å²) in [5.74, 6) is -2.33. The number of H-pyrrole nitrogens is 1. The number of rotatable bonds is 21. The van der Waals surface area contributed by atoms with Crippen LogP contribution in [0.1, 0.15) is 100 Å². The van der Waals surface area contributed by atoms with Crippen LogP contribution in [0.15, 0.2) is 53.3 Å². The van der Waals surface area contributed by atoms with Gasteiger partial charge in [0, 0.05) is 50.0 Å². The maximum Gasteiger partial charge on any atom is 0.362 e. The summed E-state index contributed by atoms with van der Waals surface area (Å²) in [6.07, 6.45) is 0.748. The Kier molecular flexibility index (Phi) is 18.2. The minimum atomic E-state index is -4.43. The number of para-hydroxylation sites is 2. The summed E-state index contributed by atoms with van der Waals surface area (Å²) in [5.41, 5.74) is -2.74. The number of esters is 1. The highest BCUT2D eigenvalue weighted by Gasteiger charge is 2.62. The molecule has 2 aromatic heterocycles. The molecule has 0 radical (unpaired) electrons. The normalized spacial score (nSPS) is 20.7. The molecular formula is C52H68Cl2N4O14S. The Bertz CT molecular complexity index is 2840. The third kappa shape index (κ3) is 14.8. The minimum absolute atomic E-state index is 0.0163. The van der Waals surface area contributed by atoms with Crippen LogP contribution in [0.25, 0.3) is 21.8 Å². The highest BCUT2D eigenvalue weighted by Crippen LogP contribution is 2.58. The van der Waals surface area contributed by atoms with Gasteiger partial charge in [-0.2, -0.15) is 8.42 Å². The molecule has 4 aromatic rings. The quantitative estimate of drug-likeness (QED) is 0.0592. The number of halogens is 2. The van der Waals surface area contributed by atoms with E-state index in [1.54, 1.807) is 84.4 Å². The van der Waals surface area contributed by atoms with E-state index in [9.17, 15) is 32.4 Å². The second kappa shape index (κ2) is 23.2. The second-order valence-corrected chi connectivity index (χ2v) is 23.2. The minimum Gasteiger partial charge on any atom is -0.488 e. The molecule has 3 aliphatic rings. The number of ether oxygens (including phenoxy) is 6. The molecule has 400 valence electrons. The van der Waals surface area contributed by atoms with Gasteiger partial charge in [-0.15, -0.1) is 0 Å². The summed E-state index contributed by atoms with van der Waals surface area (Å²) < 4.78 is 66.4. The molecule has 2 amide bonds. The Labute approximate surface area is 436 Å². The average molecular weight is 1080 g/mol. The monoisotopic (exact) mass is 1070 g/mol. The summed E-state index contributed by atoms with van der Waals surface area (Å²) >= 11 is 12.6. The van der Waals surface area contributed by atoms with Gasteiger partial charge in [0.1, 0.15) is 30.7 Å². The fourth-order valence-electron chi connectivity index (χ4n) is 8.89. The van der Waals surface area contributed by atoms with E-state index in [1.807, 2.05) is 27.7 Å². The number of methoxy groups -OCH3 is 2. The number of pyridine rings is 2. The van der Waals surface area contributed by atoms with Crippen molar-refractivity contribution >= 4 is 78.9 Å². The largest absolute Gasteiger partial charge is 0.488 e. The van der Waals surface area contributed by atoms with Crippen molar-refractivity contribution in [2.45, 2.75) is 124 Å². The van der Waals surface area contributed by atoms with Crippen LogP contribution in [0.5, 0.6) is 17.5 Å². The molecule has 3 heterocycles.